The summed E-state index contributed by atoms with van der Waals surface area (Å²) in [5.41, 5.74) is 2.14. The molecule has 0 bridgehead atoms. The van der Waals surface area contributed by atoms with Crippen LogP contribution in [0.2, 0.25) is 0 Å². The Labute approximate surface area is 120 Å². The van der Waals surface area contributed by atoms with E-state index in [2.05, 4.69) is 13.8 Å². The van der Waals surface area contributed by atoms with Crippen molar-refractivity contribution in [3.63, 3.8) is 0 Å². The lowest BCUT2D eigenvalue weighted by atomic mass is 9.97. The van der Waals surface area contributed by atoms with Gasteiger partial charge in [-0.3, -0.25) is 4.79 Å². The van der Waals surface area contributed by atoms with E-state index in [-0.39, 0.29) is 12.5 Å². The fraction of sp³-hybridized carbons (Fsp3) is 0.562. The van der Waals surface area contributed by atoms with Crippen molar-refractivity contribution in [1.29, 1.82) is 0 Å². The Kier molecular flexibility index (Phi) is 6.68. The Bertz CT molecular complexity index is 411. The lowest BCUT2D eigenvalue weighted by molar-refractivity contribution is -0.148. The lowest BCUT2D eigenvalue weighted by Gasteiger charge is -2.14. The molecule has 0 aliphatic rings. The van der Waals surface area contributed by atoms with Crippen molar-refractivity contribution in [2.75, 3.05) is 13.2 Å². The maximum Gasteiger partial charge on any atom is 0.313 e. The number of aliphatic hydroxyl groups excluding tert-OH is 2. The van der Waals surface area contributed by atoms with Crippen molar-refractivity contribution >= 4 is 5.97 Å². The number of ether oxygens (including phenoxy) is 1. The van der Waals surface area contributed by atoms with Crippen LogP contribution in [-0.4, -0.2) is 35.5 Å². The third-order valence-corrected chi connectivity index (χ3v) is 3.11. The summed E-state index contributed by atoms with van der Waals surface area (Å²) < 4.78 is 4.96. The first-order valence-corrected chi connectivity index (χ1v) is 6.98. The van der Waals surface area contributed by atoms with Gasteiger partial charge in [-0.25, -0.2) is 0 Å². The van der Waals surface area contributed by atoms with Gasteiger partial charge in [0.25, 0.3) is 0 Å². The third kappa shape index (κ3) is 5.31. The molecule has 1 aromatic rings. The highest BCUT2D eigenvalue weighted by molar-refractivity contribution is 5.77. The highest BCUT2D eigenvalue weighted by Crippen LogP contribution is 2.19. The first-order chi connectivity index (χ1) is 9.43. The van der Waals surface area contributed by atoms with Gasteiger partial charge in [0, 0.05) is 0 Å². The van der Waals surface area contributed by atoms with Crippen LogP contribution in [0.3, 0.4) is 0 Å². The predicted molar refractivity (Wildman–Crippen MR) is 77.5 cm³/mol. The van der Waals surface area contributed by atoms with Crippen LogP contribution >= 0.6 is 0 Å². The molecule has 0 saturated carbocycles. The van der Waals surface area contributed by atoms with Crippen LogP contribution in [0.15, 0.2) is 24.3 Å². The van der Waals surface area contributed by atoms with Gasteiger partial charge in [-0.2, -0.15) is 0 Å². The predicted octanol–water partition coefficient (Wildman–Crippen LogP) is 1.89. The summed E-state index contributed by atoms with van der Waals surface area (Å²) in [6.45, 7) is 5.52. The van der Waals surface area contributed by atoms with Gasteiger partial charge in [0.2, 0.25) is 0 Å². The molecule has 0 saturated heterocycles. The Hall–Kier alpha value is -1.39. The molecule has 0 aliphatic carbocycles. The average molecular weight is 280 g/mol. The highest BCUT2D eigenvalue weighted by Gasteiger charge is 2.18. The summed E-state index contributed by atoms with van der Waals surface area (Å²) >= 11 is 0. The molecule has 2 atom stereocenters. The van der Waals surface area contributed by atoms with Gasteiger partial charge in [-0.1, -0.05) is 38.1 Å². The van der Waals surface area contributed by atoms with Gasteiger partial charge in [-0.05, 0) is 30.4 Å². The molecule has 0 heterocycles. The topological polar surface area (TPSA) is 66.8 Å². The summed E-state index contributed by atoms with van der Waals surface area (Å²) in [4.78, 5) is 11.8. The first-order valence-electron chi connectivity index (χ1n) is 6.98. The normalized spacial score (nSPS) is 14.1. The first kappa shape index (κ1) is 16.7. The molecule has 1 rings (SSSR count). The van der Waals surface area contributed by atoms with Crippen molar-refractivity contribution < 1.29 is 19.7 Å². The number of esters is 1. The van der Waals surface area contributed by atoms with Crippen LogP contribution in [0.1, 0.15) is 37.8 Å². The standard InChI is InChI=1S/C16H24O4/c1-11(2)8-13-4-6-14(7-5-13)12(3)16(19)20-10-15(18)9-17/h4-7,11-12,15,17-18H,8-10H2,1-3H3/t12?,15-/m0/s1. The minimum Gasteiger partial charge on any atom is -0.462 e. The van der Waals surface area contributed by atoms with E-state index in [1.807, 2.05) is 24.3 Å². The zero-order valence-electron chi connectivity index (χ0n) is 12.4. The van der Waals surface area contributed by atoms with Gasteiger partial charge < -0.3 is 14.9 Å². The molecule has 0 radical (unpaired) electrons. The quantitative estimate of drug-likeness (QED) is 0.748. The summed E-state index contributed by atoms with van der Waals surface area (Å²) in [5.74, 6) is -0.175. The van der Waals surface area contributed by atoms with E-state index >= 15 is 0 Å². The second-order valence-corrected chi connectivity index (χ2v) is 5.53. The molecular weight excluding hydrogens is 256 g/mol. The monoisotopic (exact) mass is 280 g/mol. The van der Waals surface area contributed by atoms with E-state index in [1.54, 1.807) is 6.92 Å². The number of benzene rings is 1. The maximum atomic E-state index is 11.8. The SMILES string of the molecule is CC(C)Cc1ccc(C(C)C(=O)OC[C@@H](O)CO)cc1. The van der Waals surface area contributed by atoms with Gasteiger partial charge in [-0.15, -0.1) is 0 Å². The summed E-state index contributed by atoms with van der Waals surface area (Å²) in [5, 5.41) is 17.8. The maximum absolute atomic E-state index is 11.8. The molecule has 0 amide bonds. The van der Waals surface area contributed by atoms with Gasteiger partial charge in [0.05, 0.1) is 12.5 Å². The molecule has 0 fully saturated rings. The Balaban J connectivity index is 2.58. The fourth-order valence-corrected chi connectivity index (χ4v) is 1.91. The molecule has 112 valence electrons. The van der Waals surface area contributed by atoms with Crippen LogP contribution in [0, 0.1) is 5.92 Å². The van der Waals surface area contributed by atoms with E-state index in [0.29, 0.717) is 5.92 Å². The minimum absolute atomic E-state index is 0.175. The van der Waals surface area contributed by atoms with E-state index in [0.717, 1.165) is 12.0 Å². The van der Waals surface area contributed by atoms with Crippen molar-refractivity contribution in [3.05, 3.63) is 35.4 Å². The van der Waals surface area contributed by atoms with Gasteiger partial charge in [0.1, 0.15) is 12.7 Å². The molecule has 0 spiro atoms. The van der Waals surface area contributed by atoms with E-state index in [1.165, 1.54) is 5.56 Å². The van der Waals surface area contributed by atoms with E-state index < -0.39 is 18.7 Å². The zero-order valence-corrected chi connectivity index (χ0v) is 12.4. The van der Waals surface area contributed by atoms with E-state index in [4.69, 9.17) is 14.9 Å². The van der Waals surface area contributed by atoms with Crippen molar-refractivity contribution in [3.8, 4) is 0 Å². The molecule has 0 aliphatic heterocycles. The van der Waals surface area contributed by atoms with Crippen LogP contribution in [0.4, 0.5) is 0 Å². The molecule has 2 N–H and O–H groups in total. The number of carbonyl (C=O) groups excluding carboxylic acids is 1. The number of aliphatic hydroxyl groups is 2. The number of rotatable bonds is 7. The largest absolute Gasteiger partial charge is 0.462 e. The molecule has 4 heteroatoms. The second-order valence-electron chi connectivity index (χ2n) is 5.53. The second kappa shape index (κ2) is 8.02. The van der Waals surface area contributed by atoms with Gasteiger partial charge >= 0.3 is 5.97 Å². The Morgan fingerprint density at radius 2 is 1.80 bits per heavy atom. The van der Waals surface area contributed by atoms with Crippen LogP contribution in [0.5, 0.6) is 0 Å². The lowest BCUT2D eigenvalue weighted by Crippen LogP contribution is -2.24. The molecule has 4 nitrogen and oxygen atoms in total. The van der Waals surface area contributed by atoms with Gasteiger partial charge in [0.15, 0.2) is 0 Å². The summed E-state index contributed by atoms with van der Waals surface area (Å²) in [6.07, 6.45) is 0.00139. The molecule has 1 aromatic carbocycles. The highest BCUT2D eigenvalue weighted by atomic mass is 16.5. The number of hydrogen-bond donors (Lipinski definition) is 2. The van der Waals surface area contributed by atoms with E-state index in [9.17, 15) is 4.79 Å². The third-order valence-electron chi connectivity index (χ3n) is 3.11. The van der Waals surface area contributed by atoms with Crippen LogP contribution in [0.25, 0.3) is 0 Å². The molecule has 1 unspecified atom stereocenters. The van der Waals surface area contributed by atoms with Crippen molar-refractivity contribution in [2.24, 2.45) is 5.92 Å². The molecule has 20 heavy (non-hydrogen) atoms. The van der Waals surface area contributed by atoms with Crippen LogP contribution < -0.4 is 0 Å². The van der Waals surface area contributed by atoms with Crippen LogP contribution in [-0.2, 0) is 16.0 Å². The zero-order chi connectivity index (χ0) is 15.1. The Morgan fingerprint density at radius 3 is 2.30 bits per heavy atom. The van der Waals surface area contributed by atoms with Crippen molar-refractivity contribution in [2.45, 2.75) is 39.2 Å². The molecule has 0 aromatic heterocycles. The summed E-state index contributed by atoms with van der Waals surface area (Å²) in [6, 6.07) is 7.93. The fourth-order valence-electron chi connectivity index (χ4n) is 1.91. The van der Waals surface area contributed by atoms with Crippen molar-refractivity contribution in [1.82, 2.24) is 0 Å². The number of hydrogen-bond acceptors (Lipinski definition) is 4. The smallest absolute Gasteiger partial charge is 0.313 e. The minimum atomic E-state index is -1.01. The summed E-state index contributed by atoms with van der Waals surface area (Å²) in [7, 11) is 0. The molecular formula is C16H24O4. The number of carbonyl (C=O) groups is 1. The average Bonchev–Trinajstić information content (AvgIpc) is 2.43. The Morgan fingerprint density at radius 1 is 1.20 bits per heavy atom.